The molecule has 0 aromatic rings. The zero-order valence-corrected chi connectivity index (χ0v) is 10.7. The van der Waals surface area contributed by atoms with E-state index in [0.717, 1.165) is 19.1 Å². The maximum absolute atomic E-state index is 5.69. The average molecular weight is 218 g/mol. The molecule has 2 unspecified atom stereocenters. The van der Waals surface area contributed by atoms with E-state index in [1.807, 2.05) is 0 Å². The van der Waals surface area contributed by atoms with E-state index >= 15 is 0 Å². The Hall–Kier alpha value is 0.0969. The monoisotopic (exact) mass is 218 g/mol. The van der Waals surface area contributed by atoms with Gasteiger partial charge in [-0.1, -0.05) is 20.3 Å². The van der Waals surface area contributed by atoms with E-state index in [1.165, 1.54) is 6.42 Å². The van der Waals surface area contributed by atoms with Gasteiger partial charge >= 0.3 is 8.56 Å². The van der Waals surface area contributed by atoms with Crippen molar-refractivity contribution in [1.82, 2.24) is 0 Å². The van der Waals surface area contributed by atoms with E-state index in [1.54, 1.807) is 14.2 Å². The van der Waals surface area contributed by atoms with Crippen molar-refractivity contribution in [2.45, 2.75) is 44.4 Å². The highest BCUT2D eigenvalue weighted by molar-refractivity contribution is 6.69. The quantitative estimate of drug-likeness (QED) is 0.485. The lowest BCUT2D eigenvalue weighted by atomic mass is 10.2. The fourth-order valence-electron chi connectivity index (χ4n) is 2.22. The Kier molecular flexibility index (Phi) is 4.57. The largest absolute Gasteiger partial charge is 0.397 e. The summed E-state index contributed by atoms with van der Waals surface area (Å²) < 4.78 is 16.8. The second-order valence-electron chi connectivity index (χ2n) is 3.84. The fraction of sp³-hybridized carbons (Fsp3) is 1.00. The third-order valence-corrected chi connectivity index (χ3v) is 7.31. The molecule has 0 amide bonds. The molecule has 0 N–H and O–H groups in total. The van der Waals surface area contributed by atoms with Crippen molar-refractivity contribution < 1.29 is 13.6 Å². The van der Waals surface area contributed by atoms with Crippen LogP contribution >= 0.6 is 0 Å². The molecule has 0 aliphatic carbocycles. The summed E-state index contributed by atoms with van der Waals surface area (Å²) in [6, 6.07) is 1.00. The summed E-state index contributed by atoms with van der Waals surface area (Å²) >= 11 is 0. The molecule has 0 bridgehead atoms. The molecule has 3 nitrogen and oxygen atoms in total. The third-order valence-electron chi connectivity index (χ3n) is 3.16. The predicted molar refractivity (Wildman–Crippen MR) is 58.7 cm³/mol. The molecule has 1 rings (SSSR count). The van der Waals surface area contributed by atoms with Crippen LogP contribution in [0.25, 0.3) is 0 Å². The van der Waals surface area contributed by atoms with Gasteiger partial charge in [0.15, 0.2) is 0 Å². The molecule has 14 heavy (non-hydrogen) atoms. The summed E-state index contributed by atoms with van der Waals surface area (Å²) in [6.07, 6.45) is 2.74. The Morgan fingerprint density at radius 3 is 2.21 bits per heavy atom. The molecule has 0 spiro atoms. The van der Waals surface area contributed by atoms with Gasteiger partial charge < -0.3 is 13.6 Å². The molecule has 0 aromatic carbocycles. The van der Waals surface area contributed by atoms with Crippen molar-refractivity contribution in [3.05, 3.63) is 0 Å². The zero-order chi connectivity index (χ0) is 10.6. The number of hydrogen-bond acceptors (Lipinski definition) is 3. The van der Waals surface area contributed by atoms with Crippen LogP contribution in [0.5, 0.6) is 0 Å². The van der Waals surface area contributed by atoms with E-state index < -0.39 is 8.56 Å². The van der Waals surface area contributed by atoms with Gasteiger partial charge in [0.05, 0.1) is 12.7 Å². The molecular weight excluding hydrogens is 196 g/mol. The highest BCUT2D eigenvalue weighted by Gasteiger charge is 2.50. The van der Waals surface area contributed by atoms with E-state index in [2.05, 4.69) is 13.8 Å². The first-order chi connectivity index (χ1) is 6.74. The molecule has 1 aliphatic rings. The minimum atomic E-state index is -1.99. The van der Waals surface area contributed by atoms with Gasteiger partial charge in [0.1, 0.15) is 0 Å². The van der Waals surface area contributed by atoms with E-state index in [0.29, 0.717) is 11.6 Å². The number of epoxide rings is 1. The van der Waals surface area contributed by atoms with Gasteiger partial charge in [-0.25, -0.2) is 0 Å². The highest BCUT2D eigenvalue weighted by atomic mass is 28.4. The number of hydrogen-bond donors (Lipinski definition) is 0. The molecule has 0 aromatic heterocycles. The lowest BCUT2D eigenvalue weighted by Crippen LogP contribution is -2.46. The summed E-state index contributed by atoms with van der Waals surface area (Å²) in [7, 11) is 1.57. The standard InChI is InChI=1S/C10H22O3Si/c1-5-7-10(9-8-13-9)14(6-2,11-3)12-4/h9-10H,5-8H2,1-4H3. The summed E-state index contributed by atoms with van der Waals surface area (Å²) in [5.74, 6) is 0. The molecule has 4 heteroatoms. The third kappa shape index (κ3) is 2.37. The van der Waals surface area contributed by atoms with Gasteiger partial charge in [-0.15, -0.1) is 0 Å². The first-order valence-corrected chi connectivity index (χ1v) is 7.56. The van der Waals surface area contributed by atoms with Crippen molar-refractivity contribution >= 4 is 8.56 Å². The summed E-state index contributed by atoms with van der Waals surface area (Å²) in [6.45, 7) is 5.26. The molecule has 2 atom stereocenters. The first kappa shape index (κ1) is 12.2. The zero-order valence-electron chi connectivity index (χ0n) is 9.71. The lowest BCUT2D eigenvalue weighted by molar-refractivity contribution is 0.215. The van der Waals surface area contributed by atoms with Crippen LogP contribution in [-0.2, 0) is 13.6 Å². The molecule has 1 aliphatic heterocycles. The molecule has 1 saturated heterocycles. The number of ether oxygens (including phenoxy) is 1. The second-order valence-corrected chi connectivity index (χ2v) is 7.73. The SMILES string of the molecule is CCCC(C1CO1)[Si](CC)(OC)OC. The molecule has 1 heterocycles. The smallest absolute Gasteiger partial charge is 0.343 e. The molecule has 1 fully saturated rings. The van der Waals surface area contributed by atoms with Crippen LogP contribution in [0.15, 0.2) is 0 Å². The highest BCUT2D eigenvalue weighted by Crippen LogP contribution is 2.40. The summed E-state index contributed by atoms with van der Waals surface area (Å²) in [5.41, 5.74) is 0.507. The first-order valence-electron chi connectivity index (χ1n) is 5.46. The Bertz CT molecular complexity index is 158. The second kappa shape index (κ2) is 5.26. The van der Waals surface area contributed by atoms with Gasteiger partial charge in [0, 0.05) is 19.8 Å². The Labute approximate surface area is 88.0 Å². The Morgan fingerprint density at radius 2 is 1.93 bits per heavy atom. The molecule has 0 radical (unpaired) electrons. The van der Waals surface area contributed by atoms with Crippen LogP contribution in [0.4, 0.5) is 0 Å². The van der Waals surface area contributed by atoms with Crippen molar-refractivity contribution in [1.29, 1.82) is 0 Å². The van der Waals surface area contributed by atoms with Crippen LogP contribution in [0, 0.1) is 0 Å². The predicted octanol–water partition coefficient (Wildman–Crippen LogP) is 2.31. The van der Waals surface area contributed by atoms with Gasteiger partial charge in [-0.2, -0.15) is 0 Å². The lowest BCUT2D eigenvalue weighted by Gasteiger charge is -2.33. The molecular formula is C10H22O3Si. The van der Waals surface area contributed by atoms with Crippen LogP contribution in [-0.4, -0.2) is 35.5 Å². The van der Waals surface area contributed by atoms with E-state index in [9.17, 15) is 0 Å². The Balaban J connectivity index is 2.69. The van der Waals surface area contributed by atoms with Crippen molar-refractivity contribution in [3.63, 3.8) is 0 Å². The molecule has 84 valence electrons. The van der Waals surface area contributed by atoms with Gasteiger partial charge in [0.25, 0.3) is 0 Å². The van der Waals surface area contributed by atoms with Gasteiger partial charge in [-0.05, 0) is 12.5 Å². The topological polar surface area (TPSA) is 31.0 Å². The van der Waals surface area contributed by atoms with Gasteiger partial charge in [-0.3, -0.25) is 0 Å². The van der Waals surface area contributed by atoms with E-state index in [4.69, 9.17) is 13.6 Å². The summed E-state index contributed by atoms with van der Waals surface area (Å²) in [5, 5.41) is 0. The summed E-state index contributed by atoms with van der Waals surface area (Å²) in [4.78, 5) is 0. The number of rotatable bonds is 7. The minimum absolute atomic E-state index is 0.404. The van der Waals surface area contributed by atoms with Crippen LogP contribution in [0.2, 0.25) is 11.6 Å². The van der Waals surface area contributed by atoms with E-state index in [-0.39, 0.29) is 0 Å². The van der Waals surface area contributed by atoms with Crippen molar-refractivity contribution in [2.24, 2.45) is 0 Å². The minimum Gasteiger partial charge on any atom is -0.397 e. The van der Waals surface area contributed by atoms with Crippen LogP contribution < -0.4 is 0 Å². The maximum Gasteiger partial charge on any atom is 0.343 e. The fourth-order valence-corrected chi connectivity index (χ4v) is 5.59. The van der Waals surface area contributed by atoms with Crippen molar-refractivity contribution in [2.75, 3.05) is 20.8 Å². The van der Waals surface area contributed by atoms with Crippen LogP contribution in [0.3, 0.4) is 0 Å². The Morgan fingerprint density at radius 1 is 1.36 bits per heavy atom. The normalized spacial score (nSPS) is 23.6. The van der Waals surface area contributed by atoms with Gasteiger partial charge in [0.2, 0.25) is 0 Å². The molecule has 0 saturated carbocycles. The maximum atomic E-state index is 5.69. The average Bonchev–Trinajstić information content (AvgIpc) is 3.03. The van der Waals surface area contributed by atoms with Crippen molar-refractivity contribution in [3.8, 4) is 0 Å². The van der Waals surface area contributed by atoms with Crippen LogP contribution in [0.1, 0.15) is 26.7 Å².